The molecule has 0 atom stereocenters. The number of amides is 2. The maximum atomic E-state index is 13.4. The van der Waals surface area contributed by atoms with Crippen LogP contribution in [0.3, 0.4) is 0 Å². The lowest BCUT2D eigenvalue weighted by molar-refractivity contribution is -0.136. The number of methoxy groups -OCH3 is 1. The second kappa shape index (κ2) is 7.21. The van der Waals surface area contributed by atoms with E-state index in [1.165, 1.54) is 18.2 Å². The third kappa shape index (κ3) is 4.05. The van der Waals surface area contributed by atoms with Crippen molar-refractivity contribution < 1.29 is 18.7 Å². The van der Waals surface area contributed by atoms with Gasteiger partial charge in [0.25, 0.3) is 0 Å². The van der Waals surface area contributed by atoms with Gasteiger partial charge in [-0.3, -0.25) is 9.59 Å². The Kier molecular flexibility index (Phi) is 5.08. The summed E-state index contributed by atoms with van der Waals surface area (Å²) in [6.45, 7) is 0.188. The molecule has 0 fully saturated rings. The molecule has 2 aromatic carbocycles. The Morgan fingerprint density at radius 3 is 2.36 bits per heavy atom. The third-order valence-corrected chi connectivity index (χ3v) is 2.94. The summed E-state index contributed by atoms with van der Waals surface area (Å²) >= 11 is 0. The van der Waals surface area contributed by atoms with Gasteiger partial charge in [0.1, 0.15) is 11.6 Å². The Morgan fingerprint density at radius 1 is 1.05 bits per heavy atom. The van der Waals surface area contributed by atoms with Crippen LogP contribution in [0.4, 0.5) is 10.1 Å². The quantitative estimate of drug-likeness (QED) is 0.850. The Balaban J connectivity index is 1.88. The number of hydrogen-bond donors (Lipinski definition) is 2. The molecule has 0 bridgehead atoms. The molecule has 5 nitrogen and oxygen atoms in total. The molecule has 0 unspecified atom stereocenters. The minimum absolute atomic E-state index is 0.0351. The molecule has 114 valence electrons. The molecule has 0 aliphatic rings. The number of benzene rings is 2. The molecule has 0 heterocycles. The zero-order chi connectivity index (χ0) is 15.9. The topological polar surface area (TPSA) is 67.4 Å². The number of carbonyl (C=O) groups is 2. The fraction of sp³-hybridized carbons (Fsp3) is 0.125. The number of nitrogens with one attached hydrogen (secondary N) is 2. The van der Waals surface area contributed by atoms with Crippen molar-refractivity contribution in [3.8, 4) is 5.75 Å². The Hall–Kier alpha value is -2.89. The molecular weight excluding hydrogens is 287 g/mol. The molecule has 0 saturated carbocycles. The van der Waals surface area contributed by atoms with Crippen LogP contribution in [0, 0.1) is 5.82 Å². The molecule has 2 N–H and O–H groups in total. The van der Waals surface area contributed by atoms with Crippen molar-refractivity contribution in [2.24, 2.45) is 0 Å². The van der Waals surface area contributed by atoms with Crippen molar-refractivity contribution in [2.45, 2.75) is 6.54 Å². The Morgan fingerprint density at radius 2 is 1.73 bits per heavy atom. The lowest BCUT2D eigenvalue weighted by atomic mass is 10.2. The molecule has 0 aliphatic heterocycles. The average molecular weight is 302 g/mol. The third-order valence-electron chi connectivity index (χ3n) is 2.94. The van der Waals surface area contributed by atoms with E-state index in [-0.39, 0.29) is 12.2 Å². The molecule has 0 spiro atoms. The van der Waals surface area contributed by atoms with Gasteiger partial charge < -0.3 is 15.4 Å². The van der Waals surface area contributed by atoms with Crippen molar-refractivity contribution in [2.75, 3.05) is 12.4 Å². The van der Waals surface area contributed by atoms with Gasteiger partial charge in [-0.15, -0.1) is 0 Å². The molecule has 2 aromatic rings. The zero-order valence-corrected chi connectivity index (χ0v) is 11.9. The van der Waals surface area contributed by atoms with E-state index < -0.39 is 17.6 Å². The van der Waals surface area contributed by atoms with Crippen LogP contribution in [0.25, 0.3) is 0 Å². The van der Waals surface area contributed by atoms with Gasteiger partial charge >= 0.3 is 11.8 Å². The van der Waals surface area contributed by atoms with Gasteiger partial charge in [-0.05, 0) is 29.8 Å². The van der Waals surface area contributed by atoms with E-state index in [1.807, 2.05) is 0 Å². The summed E-state index contributed by atoms with van der Waals surface area (Å²) in [7, 11) is 1.56. The SMILES string of the molecule is COc1ccc(CNC(=O)C(=O)Nc2ccccc2F)cc1. The summed E-state index contributed by atoms with van der Waals surface area (Å²) in [5.74, 6) is -1.65. The fourth-order valence-electron chi connectivity index (χ4n) is 1.75. The summed E-state index contributed by atoms with van der Waals surface area (Å²) in [5, 5.41) is 4.68. The van der Waals surface area contributed by atoms with Crippen LogP contribution in [0.15, 0.2) is 48.5 Å². The number of hydrogen-bond acceptors (Lipinski definition) is 3. The minimum atomic E-state index is -0.918. The molecule has 2 rings (SSSR count). The molecule has 0 aliphatic carbocycles. The largest absolute Gasteiger partial charge is 0.497 e. The summed E-state index contributed by atoms with van der Waals surface area (Å²) in [4.78, 5) is 23.4. The van der Waals surface area contributed by atoms with Gasteiger partial charge in [0.05, 0.1) is 12.8 Å². The van der Waals surface area contributed by atoms with Crippen LogP contribution in [-0.2, 0) is 16.1 Å². The number of halogens is 1. The van der Waals surface area contributed by atoms with Crippen molar-refractivity contribution in [3.63, 3.8) is 0 Å². The van der Waals surface area contributed by atoms with E-state index in [9.17, 15) is 14.0 Å². The number of anilines is 1. The highest BCUT2D eigenvalue weighted by atomic mass is 19.1. The Bertz CT molecular complexity index is 671. The molecular formula is C16H15FN2O3. The summed E-state index contributed by atoms with van der Waals surface area (Å²) in [5.41, 5.74) is 0.778. The molecule has 0 saturated heterocycles. The molecule has 6 heteroatoms. The molecule has 2 amide bonds. The first-order valence-electron chi connectivity index (χ1n) is 6.57. The van der Waals surface area contributed by atoms with Crippen molar-refractivity contribution in [3.05, 3.63) is 59.9 Å². The maximum Gasteiger partial charge on any atom is 0.313 e. The van der Waals surface area contributed by atoms with Crippen LogP contribution in [0.1, 0.15) is 5.56 Å². The van der Waals surface area contributed by atoms with Gasteiger partial charge in [0, 0.05) is 6.54 Å². The summed E-state index contributed by atoms with van der Waals surface area (Å²) in [6, 6.07) is 12.7. The van der Waals surface area contributed by atoms with Gasteiger partial charge in [-0.25, -0.2) is 4.39 Å². The minimum Gasteiger partial charge on any atom is -0.497 e. The smallest absolute Gasteiger partial charge is 0.313 e. The lowest BCUT2D eigenvalue weighted by Gasteiger charge is -2.07. The predicted molar refractivity (Wildman–Crippen MR) is 79.9 cm³/mol. The van der Waals surface area contributed by atoms with E-state index in [1.54, 1.807) is 37.4 Å². The maximum absolute atomic E-state index is 13.4. The second-order valence-corrected chi connectivity index (χ2v) is 4.46. The van der Waals surface area contributed by atoms with Gasteiger partial charge in [-0.2, -0.15) is 0 Å². The van der Waals surface area contributed by atoms with E-state index >= 15 is 0 Å². The van der Waals surface area contributed by atoms with Crippen LogP contribution in [0.2, 0.25) is 0 Å². The first kappa shape index (κ1) is 15.5. The highest BCUT2D eigenvalue weighted by Crippen LogP contribution is 2.12. The highest BCUT2D eigenvalue weighted by Gasteiger charge is 2.14. The zero-order valence-electron chi connectivity index (χ0n) is 11.9. The van der Waals surface area contributed by atoms with E-state index in [2.05, 4.69) is 10.6 Å². The van der Waals surface area contributed by atoms with Crippen LogP contribution in [0.5, 0.6) is 5.75 Å². The number of ether oxygens (including phenoxy) is 1. The lowest BCUT2D eigenvalue weighted by Crippen LogP contribution is -2.35. The van der Waals surface area contributed by atoms with E-state index in [4.69, 9.17) is 4.74 Å². The summed E-state index contributed by atoms with van der Waals surface area (Å²) < 4.78 is 18.4. The van der Waals surface area contributed by atoms with Crippen molar-refractivity contribution in [1.82, 2.24) is 5.32 Å². The molecule has 0 radical (unpaired) electrons. The van der Waals surface area contributed by atoms with Crippen LogP contribution >= 0.6 is 0 Å². The molecule has 22 heavy (non-hydrogen) atoms. The van der Waals surface area contributed by atoms with Gasteiger partial charge in [0.2, 0.25) is 0 Å². The normalized spacial score (nSPS) is 9.91. The average Bonchev–Trinajstić information content (AvgIpc) is 2.55. The molecule has 0 aromatic heterocycles. The number of rotatable bonds is 4. The first-order chi connectivity index (χ1) is 10.6. The number of carbonyl (C=O) groups excluding carboxylic acids is 2. The first-order valence-corrected chi connectivity index (χ1v) is 6.57. The second-order valence-electron chi connectivity index (χ2n) is 4.46. The fourth-order valence-corrected chi connectivity index (χ4v) is 1.75. The summed E-state index contributed by atoms with van der Waals surface area (Å²) in [6.07, 6.45) is 0. The van der Waals surface area contributed by atoms with Crippen LogP contribution < -0.4 is 15.4 Å². The standard InChI is InChI=1S/C16H15FN2O3/c1-22-12-8-6-11(7-9-12)10-18-15(20)16(21)19-14-5-3-2-4-13(14)17/h2-9H,10H2,1H3,(H,18,20)(H,19,21). The van der Waals surface area contributed by atoms with Gasteiger partial charge in [0.15, 0.2) is 0 Å². The highest BCUT2D eigenvalue weighted by molar-refractivity contribution is 6.39. The van der Waals surface area contributed by atoms with E-state index in [0.29, 0.717) is 5.75 Å². The Labute approximate surface area is 127 Å². The monoisotopic (exact) mass is 302 g/mol. The predicted octanol–water partition coefficient (Wildman–Crippen LogP) is 2.09. The van der Waals surface area contributed by atoms with Gasteiger partial charge in [-0.1, -0.05) is 24.3 Å². The van der Waals surface area contributed by atoms with E-state index in [0.717, 1.165) is 5.56 Å². The van der Waals surface area contributed by atoms with Crippen molar-refractivity contribution in [1.29, 1.82) is 0 Å². The van der Waals surface area contributed by atoms with Crippen molar-refractivity contribution >= 4 is 17.5 Å². The van der Waals surface area contributed by atoms with Crippen LogP contribution in [-0.4, -0.2) is 18.9 Å². The number of para-hydroxylation sites is 1.